The van der Waals surface area contributed by atoms with E-state index < -0.39 is 57.5 Å². The lowest BCUT2D eigenvalue weighted by atomic mass is 9.47. The normalized spacial score (nSPS) is 37.2. The van der Waals surface area contributed by atoms with Gasteiger partial charge in [0.15, 0.2) is 6.10 Å². The fraction of sp³-hybridized carbons (Fsp3) is 0.596. The van der Waals surface area contributed by atoms with Gasteiger partial charge in [-0.05, 0) is 61.9 Å². The molecule has 2 bridgehead atoms. The Labute approximate surface area is 375 Å². The van der Waals surface area contributed by atoms with E-state index in [4.69, 9.17) is 18.9 Å². The number of ether oxygens (including phenoxy) is 4. The van der Waals surface area contributed by atoms with Crippen LogP contribution < -0.4 is 33.6 Å². The van der Waals surface area contributed by atoms with Crippen molar-refractivity contribution < 1.29 is 72.0 Å². The van der Waals surface area contributed by atoms with Gasteiger partial charge in [-0.2, -0.15) is 0 Å². The van der Waals surface area contributed by atoms with Crippen LogP contribution in [0.25, 0.3) is 10.9 Å². The molecule has 13 nitrogen and oxygen atoms in total. The van der Waals surface area contributed by atoms with Crippen LogP contribution in [0.2, 0.25) is 0 Å². The van der Waals surface area contributed by atoms with Crippen LogP contribution in [-0.4, -0.2) is 140 Å². The van der Waals surface area contributed by atoms with Crippen LogP contribution in [0.1, 0.15) is 75.3 Å². The highest BCUT2D eigenvalue weighted by atomic mass is 127. The first-order valence-corrected chi connectivity index (χ1v) is 21.7. The summed E-state index contributed by atoms with van der Waals surface area (Å²) in [5.74, 6) is -1.53. The lowest BCUT2D eigenvalue weighted by Crippen LogP contribution is -3.00. The number of H-pyrrole nitrogens is 1. The van der Waals surface area contributed by atoms with E-state index >= 15 is 4.79 Å². The van der Waals surface area contributed by atoms with Gasteiger partial charge >= 0.3 is 17.9 Å². The highest BCUT2D eigenvalue weighted by Crippen LogP contribution is 2.68. The molecular weight excluding hydrogens is 891 g/mol. The summed E-state index contributed by atoms with van der Waals surface area (Å²) in [7, 11) is 8.41. The predicted molar refractivity (Wildman–Crippen MR) is 225 cm³/mol. The third-order valence-electron chi connectivity index (χ3n) is 16.2. The van der Waals surface area contributed by atoms with E-state index in [0.717, 1.165) is 46.5 Å². The molecule has 3 N–H and O–H groups in total. The van der Waals surface area contributed by atoms with Gasteiger partial charge in [0.2, 0.25) is 5.60 Å². The molecular formula is C47H61IN4O9. The number of halogens is 1. The van der Waals surface area contributed by atoms with Gasteiger partial charge in [0.05, 0.1) is 47.5 Å². The van der Waals surface area contributed by atoms with E-state index in [0.29, 0.717) is 74.0 Å². The smallest absolute Gasteiger partial charge is 0.344 e. The molecule has 1 aromatic heterocycles. The number of nitrogens with one attached hydrogen (secondary N) is 1. The Hall–Kier alpha value is -3.70. The first-order chi connectivity index (χ1) is 28.6. The topological polar surface area (TPSA) is 151 Å². The van der Waals surface area contributed by atoms with Crippen molar-refractivity contribution >= 4 is 34.5 Å². The molecule has 5 aliphatic heterocycles. The minimum atomic E-state index is -2.30. The molecule has 2 aromatic carbocycles. The summed E-state index contributed by atoms with van der Waals surface area (Å²) >= 11 is 0. The van der Waals surface area contributed by atoms with Crippen molar-refractivity contribution in [3.63, 3.8) is 0 Å². The third kappa shape index (κ3) is 5.79. The van der Waals surface area contributed by atoms with Gasteiger partial charge in [0, 0.05) is 83.6 Å². The van der Waals surface area contributed by atoms with Gasteiger partial charge in [-0.1, -0.05) is 44.2 Å². The number of aromatic nitrogens is 1. The molecule has 3 aromatic rings. The number of fused-ring (bicyclic) bond motifs is 6. The van der Waals surface area contributed by atoms with E-state index in [1.807, 2.05) is 50.1 Å². The molecule has 330 valence electrons. The van der Waals surface area contributed by atoms with Gasteiger partial charge in [0.1, 0.15) is 23.3 Å². The van der Waals surface area contributed by atoms with Gasteiger partial charge in [-0.25, -0.2) is 4.79 Å². The lowest BCUT2D eigenvalue weighted by molar-refractivity contribution is -0.924. The molecule has 6 heterocycles. The number of carbonyl (C=O) groups excluding carboxylic acids is 3. The summed E-state index contributed by atoms with van der Waals surface area (Å²) in [6, 6.07) is 11.0. The Bertz CT molecular complexity index is 2320. The van der Waals surface area contributed by atoms with Crippen molar-refractivity contribution in [1.82, 2.24) is 9.88 Å². The molecule has 1 saturated carbocycles. The summed E-state index contributed by atoms with van der Waals surface area (Å²) in [6.07, 6.45) is 6.01. The van der Waals surface area contributed by atoms with Crippen LogP contribution in [0, 0.1) is 11.3 Å². The van der Waals surface area contributed by atoms with Crippen LogP contribution >= 0.6 is 0 Å². The number of methoxy groups -OCH3 is 3. The molecule has 0 amide bonds. The molecule has 3 fully saturated rings. The molecule has 61 heavy (non-hydrogen) atoms. The van der Waals surface area contributed by atoms with Crippen LogP contribution in [0.4, 0.5) is 5.69 Å². The monoisotopic (exact) mass is 952 g/mol. The molecule has 0 unspecified atom stereocenters. The van der Waals surface area contributed by atoms with Gasteiger partial charge in [0.25, 0.3) is 0 Å². The fourth-order valence-corrected chi connectivity index (χ4v) is 14.2. The van der Waals surface area contributed by atoms with Crippen molar-refractivity contribution in [2.45, 2.75) is 99.5 Å². The average molecular weight is 953 g/mol. The maximum atomic E-state index is 15.4. The second-order valence-electron chi connectivity index (χ2n) is 19.2. The summed E-state index contributed by atoms with van der Waals surface area (Å²) in [4.78, 5) is 51.0. The molecule has 10 atom stereocenters. The number of piperidine rings is 1. The number of aromatic amines is 1. The Morgan fingerprint density at radius 2 is 1.72 bits per heavy atom. The molecule has 9 rings (SSSR count). The van der Waals surface area contributed by atoms with Crippen molar-refractivity contribution in [1.29, 1.82) is 0 Å². The van der Waals surface area contributed by atoms with Gasteiger partial charge < -0.3 is 67.5 Å². The molecule has 14 heteroatoms. The zero-order valence-electron chi connectivity index (χ0n) is 36.7. The fourth-order valence-electron chi connectivity index (χ4n) is 14.2. The number of para-hydroxylation sites is 1. The second kappa shape index (κ2) is 15.0. The van der Waals surface area contributed by atoms with E-state index in [2.05, 4.69) is 41.2 Å². The first kappa shape index (κ1) is 43.9. The molecule has 1 aliphatic carbocycles. The predicted octanol–water partition coefficient (Wildman–Crippen LogP) is 1.14. The third-order valence-corrected chi connectivity index (χ3v) is 16.2. The highest BCUT2D eigenvalue weighted by Gasteiger charge is 2.80. The van der Waals surface area contributed by atoms with Crippen molar-refractivity contribution in [3.05, 3.63) is 70.9 Å². The number of anilines is 1. The maximum Gasteiger partial charge on any atom is 0.344 e. The molecule has 1 spiro atoms. The maximum absolute atomic E-state index is 15.4. The Kier molecular flexibility index (Phi) is 10.8. The largest absolute Gasteiger partial charge is 1.00 e. The van der Waals surface area contributed by atoms with Crippen LogP contribution in [-0.2, 0) is 45.8 Å². The Morgan fingerprint density at radius 1 is 0.984 bits per heavy atom. The van der Waals surface area contributed by atoms with Crippen LogP contribution in [0.3, 0.4) is 0 Å². The van der Waals surface area contributed by atoms with E-state index in [9.17, 15) is 19.8 Å². The van der Waals surface area contributed by atoms with E-state index in [1.54, 1.807) is 7.11 Å². The number of carbonyl (C=O) groups is 3. The number of esters is 3. The van der Waals surface area contributed by atoms with E-state index in [1.165, 1.54) is 21.1 Å². The zero-order valence-corrected chi connectivity index (χ0v) is 38.8. The number of aliphatic hydroxyl groups is 2. The van der Waals surface area contributed by atoms with Crippen molar-refractivity contribution in [2.24, 2.45) is 11.3 Å². The summed E-state index contributed by atoms with van der Waals surface area (Å²) < 4.78 is 24.7. The van der Waals surface area contributed by atoms with Crippen molar-refractivity contribution in [2.75, 3.05) is 73.0 Å². The van der Waals surface area contributed by atoms with Gasteiger partial charge in [-0.15, -0.1) is 0 Å². The first-order valence-electron chi connectivity index (χ1n) is 21.7. The number of benzene rings is 2. The highest BCUT2D eigenvalue weighted by molar-refractivity contribution is 5.95. The standard InChI is InChI=1S/C47H61N4O9.HI/c1-9-43(55)24-29-25-46(41(53)58-7,37-31(16-21-51(5,26-29)27-43)30-14-11-12-15-34(30)48-37)33-22-32-35(23-36(33)57-6)49(4)39-45(32)18-20-50-19-13-17-44(10-2,38(45)50)40(60-28(3)52)47(39,56)42(54)59-8;/h11-15,17,22-23,29,38-40,48,55-56H,9-10,16,18-21,24-27H2,1-8H3;1H/q+1;/p-1/t29-,38+,39-,40-,43+,44-,45-,46+,47+,51-;/m1./s1. The quantitative estimate of drug-likeness (QED) is 0.103. The van der Waals surface area contributed by atoms with Gasteiger partial charge in [-0.3, -0.25) is 14.5 Å². The van der Waals surface area contributed by atoms with Crippen LogP contribution in [0.5, 0.6) is 5.75 Å². The second-order valence-corrected chi connectivity index (χ2v) is 19.2. The van der Waals surface area contributed by atoms with Crippen LogP contribution in [0.15, 0.2) is 48.6 Å². The number of rotatable bonds is 7. The van der Waals surface area contributed by atoms with E-state index in [-0.39, 0.29) is 35.9 Å². The molecule has 6 aliphatic rings. The number of quaternary nitrogens is 1. The number of hydrogen-bond acceptors (Lipinski definition) is 11. The van der Waals surface area contributed by atoms with Crippen molar-refractivity contribution in [3.8, 4) is 5.75 Å². The molecule has 2 saturated heterocycles. The molecule has 0 radical (unpaired) electrons. The average Bonchev–Trinajstić information content (AvgIpc) is 3.89. The Balaban J connectivity index is 0.00000514. The Morgan fingerprint density at radius 3 is 2.39 bits per heavy atom. The number of hydrogen-bond donors (Lipinski definition) is 3. The zero-order chi connectivity index (χ0) is 42.8. The number of likely N-dealkylation sites (N-methyl/N-ethyl adjacent to an activating group) is 2. The number of nitrogens with zero attached hydrogens (tertiary/aromatic N) is 3. The summed E-state index contributed by atoms with van der Waals surface area (Å²) in [5.41, 5.74) is -1.57. The summed E-state index contributed by atoms with van der Waals surface area (Å²) in [5, 5.41) is 26.6. The summed E-state index contributed by atoms with van der Waals surface area (Å²) in [6.45, 7) is 8.86. The lowest BCUT2D eigenvalue weighted by Gasteiger charge is -2.63. The minimum Gasteiger partial charge on any atom is -1.00 e. The SMILES string of the molecule is CC[C@]1(O)C[C@@H]2C[C@](C(=O)OC)(c3cc4c(cc3OC)N(C)[C@H]3[C@@](O)(C(=O)OC)[C@H](OC(C)=O)[C@]5(CC)C=CCN6CC[C@]43[C@@H]65)c3[nH]c4ccccc4c3CC[N@+](C)(C2)C1.[I-]. The minimum absolute atomic E-state index is 0.